The Morgan fingerprint density at radius 3 is 2.39 bits per heavy atom. The second kappa shape index (κ2) is 8.86. The fraction of sp³-hybridized carbons (Fsp3) is 0.500. The molecule has 0 spiro atoms. The summed E-state index contributed by atoms with van der Waals surface area (Å²) in [5.74, 6) is -2.04. The minimum atomic E-state index is -0.784. The first-order chi connectivity index (χ1) is 13.5. The number of carbonyl (C=O) groups excluding carboxylic acids is 4. The molecule has 8 heteroatoms. The van der Waals surface area contributed by atoms with Crippen molar-refractivity contribution < 1.29 is 28.7 Å². The highest BCUT2D eigenvalue weighted by molar-refractivity contribution is 6.07. The molecule has 1 saturated carbocycles. The number of esters is 1. The van der Waals surface area contributed by atoms with E-state index in [4.69, 9.17) is 9.47 Å². The molecule has 1 aromatic carbocycles. The largest absolute Gasteiger partial charge is 0.492 e. The number of imide groups is 1. The summed E-state index contributed by atoms with van der Waals surface area (Å²) in [6, 6.07) is 6.92. The lowest BCUT2D eigenvalue weighted by Crippen LogP contribution is -2.37. The molecule has 3 rings (SSSR count). The molecular formula is C20H24N2O6. The van der Waals surface area contributed by atoms with Crippen LogP contribution < -0.4 is 10.1 Å². The van der Waals surface area contributed by atoms with Gasteiger partial charge in [-0.3, -0.25) is 24.1 Å². The first-order valence-corrected chi connectivity index (χ1v) is 9.53. The van der Waals surface area contributed by atoms with E-state index in [0.29, 0.717) is 30.9 Å². The number of nitrogens with zero attached hydrogens (tertiary/aromatic N) is 1. The number of hydrogen-bond acceptors (Lipinski definition) is 6. The second-order valence-electron chi connectivity index (χ2n) is 6.90. The van der Waals surface area contributed by atoms with Crippen LogP contribution in [0.1, 0.15) is 32.6 Å². The minimum Gasteiger partial charge on any atom is -0.492 e. The van der Waals surface area contributed by atoms with E-state index in [9.17, 15) is 19.2 Å². The summed E-state index contributed by atoms with van der Waals surface area (Å²) in [7, 11) is 0. The molecule has 2 unspecified atom stereocenters. The van der Waals surface area contributed by atoms with Crippen LogP contribution in [0.2, 0.25) is 0 Å². The predicted octanol–water partition coefficient (Wildman–Crippen LogP) is 1.74. The fourth-order valence-electron chi connectivity index (χ4n) is 3.75. The molecule has 8 nitrogen and oxygen atoms in total. The van der Waals surface area contributed by atoms with Gasteiger partial charge in [0.25, 0.3) is 5.91 Å². The van der Waals surface area contributed by atoms with Gasteiger partial charge in [0, 0.05) is 0 Å². The molecule has 1 heterocycles. The Kier molecular flexibility index (Phi) is 6.28. The SMILES string of the molecule is CCOc1ccccc1NC(=O)COC(=O)CN1C(=O)C2CCCCC2C1=O. The van der Waals surface area contributed by atoms with Gasteiger partial charge >= 0.3 is 5.97 Å². The molecule has 1 N–H and O–H groups in total. The molecule has 0 radical (unpaired) electrons. The van der Waals surface area contributed by atoms with E-state index in [-0.39, 0.29) is 23.7 Å². The standard InChI is InChI=1S/C20H24N2O6/c1-2-27-16-10-6-5-9-15(16)21-17(23)12-28-18(24)11-22-19(25)13-7-3-4-8-14(13)20(22)26/h5-6,9-10,13-14H,2-4,7-8,11-12H2,1H3,(H,21,23). The van der Waals surface area contributed by atoms with Crippen LogP contribution in [-0.2, 0) is 23.9 Å². The predicted molar refractivity (Wildman–Crippen MR) is 99.4 cm³/mol. The van der Waals surface area contributed by atoms with Crippen molar-refractivity contribution in [1.82, 2.24) is 4.90 Å². The van der Waals surface area contributed by atoms with Crippen LogP contribution in [0.15, 0.2) is 24.3 Å². The Balaban J connectivity index is 1.50. The molecule has 2 fully saturated rings. The zero-order chi connectivity index (χ0) is 20.1. The first-order valence-electron chi connectivity index (χ1n) is 9.53. The number of likely N-dealkylation sites (tertiary alicyclic amines) is 1. The third-order valence-electron chi connectivity index (χ3n) is 5.04. The Hall–Kier alpha value is -2.90. The van der Waals surface area contributed by atoms with Gasteiger partial charge in [0.2, 0.25) is 11.8 Å². The quantitative estimate of drug-likeness (QED) is 0.564. The molecular weight excluding hydrogens is 364 g/mol. The first kappa shape index (κ1) is 19.9. The fourth-order valence-corrected chi connectivity index (χ4v) is 3.75. The maximum atomic E-state index is 12.4. The molecule has 2 atom stereocenters. The second-order valence-corrected chi connectivity index (χ2v) is 6.90. The zero-order valence-corrected chi connectivity index (χ0v) is 15.8. The van der Waals surface area contributed by atoms with Gasteiger partial charge in [0.1, 0.15) is 12.3 Å². The molecule has 28 heavy (non-hydrogen) atoms. The highest BCUT2D eigenvalue weighted by atomic mass is 16.5. The van der Waals surface area contributed by atoms with Crippen molar-refractivity contribution in [3.63, 3.8) is 0 Å². The normalized spacial score (nSPS) is 21.2. The number of anilines is 1. The van der Waals surface area contributed by atoms with Crippen molar-refractivity contribution in [2.24, 2.45) is 11.8 Å². The number of para-hydroxylation sites is 2. The van der Waals surface area contributed by atoms with Gasteiger partial charge < -0.3 is 14.8 Å². The van der Waals surface area contributed by atoms with E-state index in [1.54, 1.807) is 24.3 Å². The lowest BCUT2D eigenvalue weighted by molar-refractivity contribution is -0.154. The monoisotopic (exact) mass is 388 g/mol. The van der Waals surface area contributed by atoms with Crippen LogP contribution in [0.5, 0.6) is 5.75 Å². The van der Waals surface area contributed by atoms with Gasteiger partial charge in [-0.25, -0.2) is 0 Å². The number of carbonyl (C=O) groups is 4. The highest BCUT2D eigenvalue weighted by Crippen LogP contribution is 2.37. The Bertz CT molecular complexity index is 754. The molecule has 0 bridgehead atoms. The van der Waals surface area contributed by atoms with E-state index >= 15 is 0 Å². The lowest BCUT2D eigenvalue weighted by Gasteiger charge is -2.19. The lowest BCUT2D eigenvalue weighted by atomic mass is 9.81. The summed E-state index contributed by atoms with van der Waals surface area (Å²) < 4.78 is 10.4. The number of amides is 3. The maximum Gasteiger partial charge on any atom is 0.326 e. The molecule has 150 valence electrons. The third kappa shape index (κ3) is 4.32. The minimum absolute atomic E-state index is 0.304. The molecule has 1 aromatic rings. The summed E-state index contributed by atoms with van der Waals surface area (Å²) in [4.78, 5) is 49.8. The molecule has 1 aliphatic heterocycles. The Morgan fingerprint density at radius 1 is 1.11 bits per heavy atom. The van der Waals surface area contributed by atoms with Crippen LogP contribution in [-0.4, -0.2) is 48.3 Å². The van der Waals surface area contributed by atoms with E-state index in [1.165, 1.54) is 0 Å². The summed E-state index contributed by atoms with van der Waals surface area (Å²) in [5, 5.41) is 2.61. The molecule has 2 aliphatic rings. The van der Waals surface area contributed by atoms with Crippen molar-refractivity contribution in [1.29, 1.82) is 0 Å². The van der Waals surface area contributed by atoms with Crippen molar-refractivity contribution in [2.75, 3.05) is 25.1 Å². The van der Waals surface area contributed by atoms with Crippen molar-refractivity contribution in [3.8, 4) is 5.75 Å². The molecule has 1 saturated heterocycles. The van der Waals surface area contributed by atoms with Crippen LogP contribution in [0.3, 0.4) is 0 Å². The van der Waals surface area contributed by atoms with Gasteiger partial charge in [-0.05, 0) is 31.9 Å². The van der Waals surface area contributed by atoms with Crippen molar-refractivity contribution in [3.05, 3.63) is 24.3 Å². The van der Waals surface area contributed by atoms with Gasteiger partial charge in [0.15, 0.2) is 6.61 Å². The average Bonchev–Trinajstić information content (AvgIpc) is 2.93. The third-order valence-corrected chi connectivity index (χ3v) is 5.04. The summed E-state index contributed by atoms with van der Waals surface area (Å²) in [6.45, 7) is 1.31. The van der Waals surface area contributed by atoms with Crippen molar-refractivity contribution in [2.45, 2.75) is 32.6 Å². The van der Waals surface area contributed by atoms with Crippen LogP contribution >= 0.6 is 0 Å². The number of rotatable bonds is 7. The van der Waals surface area contributed by atoms with Crippen LogP contribution in [0, 0.1) is 11.8 Å². The van der Waals surface area contributed by atoms with E-state index in [2.05, 4.69) is 5.32 Å². The zero-order valence-electron chi connectivity index (χ0n) is 15.8. The van der Waals surface area contributed by atoms with Crippen LogP contribution in [0.4, 0.5) is 5.69 Å². The van der Waals surface area contributed by atoms with Gasteiger partial charge in [-0.15, -0.1) is 0 Å². The molecule has 1 aliphatic carbocycles. The van der Waals surface area contributed by atoms with E-state index in [1.807, 2.05) is 6.92 Å². The number of ether oxygens (including phenoxy) is 2. The highest BCUT2D eigenvalue weighted by Gasteiger charge is 2.48. The van der Waals surface area contributed by atoms with Gasteiger partial charge in [-0.2, -0.15) is 0 Å². The number of benzene rings is 1. The smallest absolute Gasteiger partial charge is 0.326 e. The average molecular weight is 388 g/mol. The summed E-state index contributed by atoms with van der Waals surface area (Å²) in [5.41, 5.74) is 0.472. The summed E-state index contributed by atoms with van der Waals surface area (Å²) >= 11 is 0. The number of nitrogens with one attached hydrogen (secondary N) is 1. The Labute approximate surface area is 163 Å². The Morgan fingerprint density at radius 2 is 1.75 bits per heavy atom. The molecule has 0 aromatic heterocycles. The molecule has 3 amide bonds. The van der Waals surface area contributed by atoms with Gasteiger partial charge in [-0.1, -0.05) is 25.0 Å². The topological polar surface area (TPSA) is 102 Å². The van der Waals surface area contributed by atoms with Crippen LogP contribution in [0.25, 0.3) is 0 Å². The van der Waals surface area contributed by atoms with E-state index in [0.717, 1.165) is 17.7 Å². The van der Waals surface area contributed by atoms with Crippen molar-refractivity contribution >= 4 is 29.4 Å². The van der Waals surface area contributed by atoms with E-state index < -0.39 is 25.0 Å². The number of fused-ring (bicyclic) bond motifs is 1. The van der Waals surface area contributed by atoms with Gasteiger partial charge in [0.05, 0.1) is 24.1 Å². The maximum absolute atomic E-state index is 12.4. The number of hydrogen-bond donors (Lipinski definition) is 1. The summed E-state index contributed by atoms with van der Waals surface area (Å²) in [6.07, 6.45) is 3.20.